The van der Waals surface area contributed by atoms with Crippen LogP contribution in [0.1, 0.15) is 16.8 Å². The average Bonchev–Trinajstić information content (AvgIpc) is 3.42. The molecule has 0 bridgehead atoms. The summed E-state index contributed by atoms with van der Waals surface area (Å²) in [7, 11) is 1.63. The quantitative estimate of drug-likeness (QED) is 0.431. The highest BCUT2D eigenvalue weighted by molar-refractivity contribution is 5.79. The number of hydrogen-bond donors (Lipinski definition) is 2. The van der Waals surface area contributed by atoms with E-state index in [1.165, 1.54) is 6.07 Å². The zero-order valence-corrected chi connectivity index (χ0v) is 17.6. The van der Waals surface area contributed by atoms with Gasteiger partial charge in [0.25, 0.3) is 0 Å². The molecule has 10 heteroatoms. The summed E-state index contributed by atoms with van der Waals surface area (Å²) in [5.41, 5.74) is 3.39. The molecule has 0 saturated heterocycles. The summed E-state index contributed by atoms with van der Waals surface area (Å²) in [5, 5.41) is 10.8. The summed E-state index contributed by atoms with van der Waals surface area (Å²) in [6.45, 7) is -0.299. The first kappa shape index (κ1) is 21.4. The standard InChI is InChI=1S/C22H23F2N5O3/c1-14-7-8-29(28-14)17-6-4-3-5-15(17)11-26-22(25-2)27-12-16-9-19-20(31-13-30-19)10-18(16)32-21(23)24/h3-10,21H,11-13H2,1-2H3,(H2,25,26,27). The molecule has 0 radical (unpaired) electrons. The van der Waals surface area contributed by atoms with Gasteiger partial charge in [-0.15, -0.1) is 0 Å². The van der Waals surface area contributed by atoms with Crippen molar-refractivity contribution in [1.82, 2.24) is 20.4 Å². The number of hydrogen-bond acceptors (Lipinski definition) is 5. The molecule has 0 unspecified atom stereocenters. The van der Waals surface area contributed by atoms with Crippen LogP contribution in [0.4, 0.5) is 8.78 Å². The molecule has 2 heterocycles. The molecule has 2 N–H and O–H groups in total. The fraction of sp³-hybridized carbons (Fsp3) is 0.273. The minimum Gasteiger partial charge on any atom is -0.454 e. The number of ether oxygens (including phenoxy) is 3. The Kier molecular flexibility index (Phi) is 6.39. The summed E-state index contributed by atoms with van der Waals surface area (Å²) in [4.78, 5) is 4.21. The fourth-order valence-electron chi connectivity index (χ4n) is 3.32. The number of halogens is 2. The summed E-state index contributed by atoms with van der Waals surface area (Å²) in [5.74, 6) is 1.37. The Balaban J connectivity index is 1.44. The third-order valence-corrected chi connectivity index (χ3v) is 4.85. The average molecular weight is 443 g/mol. The number of nitrogens with one attached hydrogen (secondary N) is 2. The van der Waals surface area contributed by atoms with E-state index in [0.29, 0.717) is 29.6 Å². The smallest absolute Gasteiger partial charge is 0.387 e. The first-order valence-corrected chi connectivity index (χ1v) is 9.96. The number of fused-ring (bicyclic) bond motifs is 1. The third kappa shape index (κ3) is 4.90. The molecule has 0 saturated carbocycles. The Morgan fingerprint density at radius 1 is 1.12 bits per heavy atom. The number of rotatable bonds is 7. The summed E-state index contributed by atoms with van der Waals surface area (Å²) in [6.07, 6.45) is 1.91. The van der Waals surface area contributed by atoms with Crippen LogP contribution < -0.4 is 24.8 Å². The predicted octanol–water partition coefficient (Wildman–Crippen LogP) is 3.38. The van der Waals surface area contributed by atoms with Gasteiger partial charge in [-0.2, -0.15) is 13.9 Å². The lowest BCUT2D eigenvalue weighted by Gasteiger charge is -2.16. The van der Waals surface area contributed by atoms with Crippen LogP contribution in [-0.2, 0) is 13.1 Å². The molecule has 4 rings (SSSR count). The molecule has 0 amide bonds. The van der Waals surface area contributed by atoms with Gasteiger partial charge in [-0.3, -0.25) is 4.99 Å². The maximum Gasteiger partial charge on any atom is 0.387 e. The first-order valence-electron chi connectivity index (χ1n) is 9.96. The molecule has 0 atom stereocenters. The van der Waals surface area contributed by atoms with E-state index in [1.807, 2.05) is 48.1 Å². The third-order valence-electron chi connectivity index (χ3n) is 4.85. The number of nitrogens with zero attached hydrogens (tertiary/aromatic N) is 3. The van der Waals surface area contributed by atoms with E-state index in [4.69, 9.17) is 9.47 Å². The van der Waals surface area contributed by atoms with Crippen molar-refractivity contribution < 1.29 is 23.0 Å². The number of alkyl halides is 2. The highest BCUT2D eigenvalue weighted by Crippen LogP contribution is 2.38. The summed E-state index contributed by atoms with van der Waals surface area (Å²) in [6, 6.07) is 12.9. The van der Waals surface area contributed by atoms with Crippen molar-refractivity contribution in [2.45, 2.75) is 26.6 Å². The van der Waals surface area contributed by atoms with Gasteiger partial charge < -0.3 is 24.8 Å². The monoisotopic (exact) mass is 443 g/mol. The zero-order valence-electron chi connectivity index (χ0n) is 17.6. The van der Waals surface area contributed by atoms with Crippen LogP contribution in [0.2, 0.25) is 0 Å². The van der Waals surface area contributed by atoms with E-state index >= 15 is 0 Å². The molecule has 0 fully saturated rings. The number of aryl methyl sites for hydroxylation is 1. The van der Waals surface area contributed by atoms with E-state index in [2.05, 4.69) is 25.5 Å². The van der Waals surface area contributed by atoms with Gasteiger partial charge in [0, 0.05) is 38.0 Å². The maximum absolute atomic E-state index is 12.8. The van der Waals surface area contributed by atoms with Gasteiger partial charge in [0.2, 0.25) is 6.79 Å². The largest absolute Gasteiger partial charge is 0.454 e. The van der Waals surface area contributed by atoms with Gasteiger partial charge in [0.15, 0.2) is 17.5 Å². The van der Waals surface area contributed by atoms with Crippen molar-refractivity contribution in [2.24, 2.45) is 4.99 Å². The van der Waals surface area contributed by atoms with Crippen LogP contribution >= 0.6 is 0 Å². The number of benzene rings is 2. The molecule has 1 aliphatic heterocycles. The van der Waals surface area contributed by atoms with Crippen LogP contribution in [0.25, 0.3) is 5.69 Å². The lowest BCUT2D eigenvalue weighted by Crippen LogP contribution is -2.36. The predicted molar refractivity (Wildman–Crippen MR) is 115 cm³/mol. The second-order valence-corrected chi connectivity index (χ2v) is 7.00. The number of guanidine groups is 1. The van der Waals surface area contributed by atoms with Crippen LogP contribution in [0.5, 0.6) is 17.2 Å². The number of aliphatic imine (C=N–C) groups is 1. The Hall–Kier alpha value is -3.82. The molecule has 8 nitrogen and oxygen atoms in total. The number of aromatic nitrogens is 2. The van der Waals surface area contributed by atoms with Crippen LogP contribution in [-0.4, -0.2) is 36.2 Å². The first-order chi connectivity index (χ1) is 15.5. The van der Waals surface area contributed by atoms with Crippen molar-refractivity contribution in [2.75, 3.05) is 13.8 Å². The van der Waals surface area contributed by atoms with Crippen molar-refractivity contribution >= 4 is 5.96 Å². The minimum atomic E-state index is -2.95. The van der Waals surface area contributed by atoms with Crippen molar-refractivity contribution in [3.63, 3.8) is 0 Å². The molecule has 168 valence electrons. The van der Waals surface area contributed by atoms with E-state index in [0.717, 1.165) is 16.9 Å². The lowest BCUT2D eigenvalue weighted by atomic mass is 10.1. The van der Waals surface area contributed by atoms with Gasteiger partial charge in [-0.05, 0) is 30.7 Å². The number of para-hydroxylation sites is 1. The van der Waals surface area contributed by atoms with Crippen molar-refractivity contribution in [1.29, 1.82) is 0 Å². The van der Waals surface area contributed by atoms with Crippen molar-refractivity contribution in [3.8, 4) is 22.9 Å². The Morgan fingerprint density at radius 2 is 1.84 bits per heavy atom. The molecular formula is C22H23F2N5O3. The molecular weight excluding hydrogens is 420 g/mol. The normalized spacial score (nSPS) is 12.8. The molecule has 32 heavy (non-hydrogen) atoms. The van der Waals surface area contributed by atoms with E-state index in [1.54, 1.807) is 13.1 Å². The van der Waals surface area contributed by atoms with Crippen LogP contribution in [0.15, 0.2) is 53.7 Å². The maximum atomic E-state index is 12.8. The molecule has 1 aromatic heterocycles. The van der Waals surface area contributed by atoms with Crippen molar-refractivity contribution in [3.05, 3.63) is 65.5 Å². The lowest BCUT2D eigenvalue weighted by molar-refractivity contribution is -0.0505. The van der Waals surface area contributed by atoms with Gasteiger partial charge in [0.1, 0.15) is 5.75 Å². The molecule has 2 aromatic carbocycles. The minimum absolute atomic E-state index is 0.0200. The highest BCUT2D eigenvalue weighted by Gasteiger charge is 2.20. The summed E-state index contributed by atoms with van der Waals surface area (Å²) >= 11 is 0. The molecule has 0 spiro atoms. The Labute approximate surface area is 183 Å². The van der Waals surface area contributed by atoms with E-state index < -0.39 is 6.61 Å². The van der Waals surface area contributed by atoms with Gasteiger partial charge >= 0.3 is 6.61 Å². The second-order valence-electron chi connectivity index (χ2n) is 7.00. The fourth-order valence-corrected chi connectivity index (χ4v) is 3.32. The molecule has 1 aliphatic rings. The molecule has 0 aliphatic carbocycles. The van der Waals surface area contributed by atoms with Gasteiger partial charge in [0.05, 0.1) is 11.4 Å². The highest BCUT2D eigenvalue weighted by atomic mass is 19.3. The van der Waals surface area contributed by atoms with Gasteiger partial charge in [-0.25, -0.2) is 4.68 Å². The Bertz CT molecular complexity index is 1120. The van der Waals surface area contributed by atoms with E-state index in [-0.39, 0.29) is 19.1 Å². The molecule has 3 aromatic rings. The van der Waals surface area contributed by atoms with Gasteiger partial charge in [-0.1, -0.05) is 18.2 Å². The Morgan fingerprint density at radius 3 is 2.53 bits per heavy atom. The zero-order chi connectivity index (χ0) is 22.5. The second kappa shape index (κ2) is 9.54. The topological polar surface area (TPSA) is 81.9 Å². The SMILES string of the molecule is CN=C(NCc1cc2c(cc1OC(F)F)OCO2)NCc1ccccc1-n1ccc(C)n1. The van der Waals surface area contributed by atoms with Crippen LogP contribution in [0, 0.1) is 6.92 Å². The van der Waals surface area contributed by atoms with E-state index in [9.17, 15) is 8.78 Å². The summed E-state index contributed by atoms with van der Waals surface area (Å²) < 4.78 is 42.8. The van der Waals surface area contributed by atoms with Crippen LogP contribution in [0.3, 0.4) is 0 Å².